The van der Waals surface area contributed by atoms with E-state index in [0.29, 0.717) is 5.56 Å². The largest absolute Gasteiger partial charge is 0.385 e. The molecule has 2 N–H and O–H groups in total. The minimum atomic E-state index is -3.28. The number of amides is 1. The van der Waals surface area contributed by atoms with Crippen molar-refractivity contribution in [3.05, 3.63) is 29.8 Å². The van der Waals surface area contributed by atoms with Gasteiger partial charge in [0.15, 0.2) is 0 Å². The summed E-state index contributed by atoms with van der Waals surface area (Å²) < 4.78 is 24.3. The molecule has 0 bridgehead atoms. The van der Waals surface area contributed by atoms with Crippen LogP contribution in [0.1, 0.15) is 23.7 Å². The Balaban J connectivity index is 2.49. The van der Waals surface area contributed by atoms with Gasteiger partial charge in [-0.05, 0) is 30.7 Å². The lowest BCUT2D eigenvalue weighted by Crippen LogP contribution is -2.33. The minimum Gasteiger partial charge on any atom is -0.385 e. The Bertz CT molecular complexity index is 553. The molecule has 1 amide bonds. The van der Waals surface area contributed by atoms with Gasteiger partial charge >= 0.3 is 0 Å². The van der Waals surface area contributed by atoms with Crippen molar-refractivity contribution in [2.24, 2.45) is 0 Å². The van der Waals surface area contributed by atoms with Crippen LogP contribution in [0, 0.1) is 0 Å². The summed E-state index contributed by atoms with van der Waals surface area (Å²) in [5.41, 5.74) is 1.47. The van der Waals surface area contributed by atoms with Crippen LogP contribution >= 0.6 is 0 Å². The molecule has 21 heavy (non-hydrogen) atoms. The maximum atomic E-state index is 11.9. The highest BCUT2D eigenvalue weighted by Gasteiger charge is 2.14. The van der Waals surface area contributed by atoms with Crippen LogP contribution in [0.5, 0.6) is 0 Å². The van der Waals surface area contributed by atoms with Crippen LogP contribution in [0.15, 0.2) is 24.3 Å². The average molecular weight is 313 g/mol. The van der Waals surface area contributed by atoms with Gasteiger partial charge in [0, 0.05) is 38.4 Å². The third-order valence-electron chi connectivity index (χ3n) is 2.93. The summed E-state index contributed by atoms with van der Waals surface area (Å²) in [6, 6.07) is 7.10. The van der Waals surface area contributed by atoms with Crippen molar-refractivity contribution in [1.82, 2.24) is 9.62 Å². The molecule has 0 atom stereocenters. The molecule has 0 aromatic heterocycles. The normalized spacial score (nSPS) is 11.4. The summed E-state index contributed by atoms with van der Waals surface area (Å²) in [5.74, 6) is -0.381. The standard InChI is InChI=1S/C14H23N3O3S/c1-4-9-15-13-7-5-12(6-8-13)14(18)16-10-11-21(19,20)17(2)3/h5-8,15H,4,9-11H2,1-3H3,(H,16,18). The SMILES string of the molecule is CCCNc1ccc(C(=O)NCCS(=O)(=O)N(C)C)cc1. The molecule has 0 spiro atoms. The van der Waals surface area contributed by atoms with Crippen LogP contribution in [0.3, 0.4) is 0 Å². The molecule has 0 saturated heterocycles. The van der Waals surface area contributed by atoms with E-state index in [-0.39, 0.29) is 18.2 Å². The second kappa shape index (κ2) is 7.99. The summed E-state index contributed by atoms with van der Waals surface area (Å²) in [5, 5.41) is 5.83. The summed E-state index contributed by atoms with van der Waals surface area (Å²) >= 11 is 0. The first kappa shape index (κ1) is 17.5. The average Bonchev–Trinajstić information content (AvgIpc) is 2.45. The second-order valence-electron chi connectivity index (χ2n) is 4.86. The quantitative estimate of drug-likeness (QED) is 0.754. The molecule has 0 unspecified atom stereocenters. The molecule has 0 fully saturated rings. The number of hydrogen-bond acceptors (Lipinski definition) is 4. The number of rotatable bonds is 8. The van der Waals surface area contributed by atoms with E-state index < -0.39 is 10.0 Å². The molecule has 1 aromatic rings. The molecule has 118 valence electrons. The van der Waals surface area contributed by atoms with Crippen molar-refractivity contribution in [2.45, 2.75) is 13.3 Å². The van der Waals surface area contributed by atoms with Gasteiger partial charge in [-0.15, -0.1) is 0 Å². The maximum Gasteiger partial charge on any atom is 0.251 e. The van der Waals surface area contributed by atoms with Gasteiger partial charge in [0.2, 0.25) is 10.0 Å². The molecular weight excluding hydrogens is 290 g/mol. The lowest BCUT2D eigenvalue weighted by atomic mass is 10.2. The Kier molecular flexibility index (Phi) is 6.64. The third kappa shape index (κ3) is 5.73. The number of anilines is 1. The molecular formula is C14H23N3O3S. The number of benzene rings is 1. The summed E-state index contributed by atoms with van der Waals surface area (Å²) in [6.07, 6.45) is 1.03. The highest BCUT2D eigenvalue weighted by Crippen LogP contribution is 2.09. The molecule has 0 radical (unpaired) electrons. The smallest absolute Gasteiger partial charge is 0.251 e. The van der Waals surface area contributed by atoms with Crippen LogP contribution in [0.4, 0.5) is 5.69 Å². The Morgan fingerprint density at radius 3 is 2.29 bits per heavy atom. The first-order valence-corrected chi connectivity index (χ1v) is 8.50. The molecule has 1 aromatic carbocycles. The number of nitrogens with one attached hydrogen (secondary N) is 2. The van der Waals surface area contributed by atoms with Gasteiger partial charge in [-0.25, -0.2) is 12.7 Å². The zero-order valence-electron chi connectivity index (χ0n) is 12.7. The van der Waals surface area contributed by atoms with E-state index in [1.54, 1.807) is 12.1 Å². The first-order valence-electron chi connectivity index (χ1n) is 6.89. The molecule has 0 saturated carbocycles. The van der Waals surface area contributed by atoms with Gasteiger partial charge in [0.1, 0.15) is 0 Å². The van der Waals surface area contributed by atoms with E-state index in [2.05, 4.69) is 17.6 Å². The number of sulfonamides is 1. The molecule has 7 heteroatoms. The van der Waals surface area contributed by atoms with Crippen molar-refractivity contribution in [3.8, 4) is 0 Å². The van der Waals surface area contributed by atoms with Gasteiger partial charge < -0.3 is 10.6 Å². The Labute approximate surface area is 126 Å². The second-order valence-corrected chi connectivity index (χ2v) is 7.16. The maximum absolute atomic E-state index is 11.9. The van der Waals surface area contributed by atoms with E-state index in [0.717, 1.165) is 23.0 Å². The van der Waals surface area contributed by atoms with Crippen LogP contribution in [-0.2, 0) is 10.0 Å². The minimum absolute atomic E-state index is 0.0924. The fourth-order valence-electron chi connectivity index (χ4n) is 1.59. The van der Waals surface area contributed by atoms with Gasteiger partial charge in [0.25, 0.3) is 5.91 Å². The van der Waals surface area contributed by atoms with E-state index in [4.69, 9.17) is 0 Å². The Morgan fingerprint density at radius 2 is 1.76 bits per heavy atom. The fourth-order valence-corrected chi connectivity index (χ4v) is 2.31. The lowest BCUT2D eigenvalue weighted by Gasteiger charge is -2.11. The monoisotopic (exact) mass is 313 g/mol. The fraction of sp³-hybridized carbons (Fsp3) is 0.500. The zero-order chi connectivity index (χ0) is 15.9. The van der Waals surface area contributed by atoms with Gasteiger partial charge in [-0.1, -0.05) is 6.92 Å². The number of carbonyl (C=O) groups excluding carboxylic acids is 1. The van der Waals surface area contributed by atoms with Crippen molar-refractivity contribution < 1.29 is 13.2 Å². The topological polar surface area (TPSA) is 78.5 Å². The van der Waals surface area contributed by atoms with Crippen molar-refractivity contribution in [2.75, 3.05) is 38.3 Å². The molecule has 6 nitrogen and oxygen atoms in total. The number of nitrogens with zero attached hydrogens (tertiary/aromatic N) is 1. The molecule has 0 heterocycles. The first-order chi connectivity index (χ1) is 9.86. The predicted molar refractivity (Wildman–Crippen MR) is 85.0 cm³/mol. The van der Waals surface area contributed by atoms with E-state index >= 15 is 0 Å². The predicted octanol–water partition coefficient (Wildman–Crippen LogP) is 1.13. The van der Waals surface area contributed by atoms with E-state index in [1.807, 2.05) is 12.1 Å². The molecule has 1 rings (SSSR count). The van der Waals surface area contributed by atoms with Crippen LogP contribution < -0.4 is 10.6 Å². The highest BCUT2D eigenvalue weighted by molar-refractivity contribution is 7.89. The van der Waals surface area contributed by atoms with Crippen LogP contribution in [0.25, 0.3) is 0 Å². The highest BCUT2D eigenvalue weighted by atomic mass is 32.2. The lowest BCUT2D eigenvalue weighted by molar-refractivity contribution is 0.0956. The molecule has 0 aliphatic rings. The zero-order valence-corrected chi connectivity index (χ0v) is 13.5. The van der Waals surface area contributed by atoms with Crippen molar-refractivity contribution >= 4 is 21.6 Å². The molecule has 0 aliphatic carbocycles. The summed E-state index contributed by atoms with van der Waals surface area (Å²) in [7, 11) is -0.342. The third-order valence-corrected chi connectivity index (χ3v) is 4.76. The van der Waals surface area contributed by atoms with Crippen molar-refractivity contribution in [3.63, 3.8) is 0 Å². The van der Waals surface area contributed by atoms with E-state index in [9.17, 15) is 13.2 Å². The summed E-state index contributed by atoms with van der Waals surface area (Å²) in [4.78, 5) is 11.9. The number of carbonyl (C=O) groups is 1. The Morgan fingerprint density at radius 1 is 1.14 bits per heavy atom. The van der Waals surface area contributed by atoms with E-state index in [1.165, 1.54) is 14.1 Å². The van der Waals surface area contributed by atoms with Crippen LogP contribution in [0.2, 0.25) is 0 Å². The molecule has 0 aliphatic heterocycles. The van der Waals surface area contributed by atoms with Gasteiger partial charge in [-0.3, -0.25) is 4.79 Å². The van der Waals surface area contributed by atoms with Crippen LogP contribution in [-0.4, -0.2) is 51.6 Å². The number of hydrogen-bond donors (Lipinski definition) is 2. The Hall–Kier alpha value is -1.60. The van der Waals surface area contributed by atoms with Gasteiger partial charge in [-0.2, -0.15) is 0 Å². The summed E-state index contributed by atoms with van der Waals surface area (Å²) in [6.45, 7) is 3.06. The van der Waals surface area contributed by atoms with Crippen molar-refractivity contribution in [1.29, 1.82) is 0 Å². The van der Waals surface area contributed by atoms with Gasteiger partial charge in [0.05, 0.1) is 5.75 Å².